The van der Waals surface area contributed by atoms with Crippen LogP contribution in [0.1, 0.15) is 43.1 Å². The van der Waals surface area contributed by atoms with Crippen LogP contribution in [0.2, 0.25) is 0 Å². The third kappa shape index (κ3) is 10.8. The molecule has 0 atom stereocenters. The minimum absolute atomic E-state index is 0.0177. The fourth-order valence-electron chi connectivity index (χ4n) is 4.68. The lowest BCUT2D eigenvalue weighted by molar-refractivity contribution is 0.0365. The van der Waals surface area contributed by atoms with Gasteiger partial charge < -0.3 is 25.0 Å². The summed E-state index contributed by atoms with van der Waals surface area (Å²) in [6.07, 6.45) is 0.0388. The summed E-state index contributed by atoms with van der Waals surface area (Å²) in [5, 5.41) is 8.06. The van der Waals surface area contributed by atoms with E-state index in [0.29, 0.717) is 43.1 Å². The van der Waals surface area contributed by atoms with Crippen molar-refractivity contribution in [2.75, 3.05) is 55.3 Å². The molecule has 0 saturated carbocycles. The van der Waals surface area contributed by atoms with Crippen LogP contribution >= 0.6 is 0 Å². The summed E-state index contributed by atoms with van der Waals surface area (Å²) < 4.78 is 38.2. The van der Waals surface area contributed by atoms with Gasteiger partial charge >= 0.3 is 12.1 Å². The first-order chi connectivity index (χ1) is 21.4. The van der Waals surface area contributed by atoms with Crippen LogP contribution in [0.25, 0.3) is 0 Å². The monoisotopic (exact) mass is 623 g/mol. The Kier molecular flexibility index (Phi) is 11.4. The zero-order chi connectivity index (χ0) is 32.4. The molecule has 1 aliphatic heterocycles. The third-order valence-corrected chi connectivity index (χ3v) is 6.81. The van der Waals surface area contributed by atoms with Crippen molar-refractivity contribution in [1.29, 1.82) is 0 Å². The van der Waals surface area contributed by atoms with Crippen molar-refractivity contribution in [1.82, 2.24) is 9.80 Å². The average Bonchev–Trinajstić information content (AvgIpc) is 2.97. The number of ether oxygens (including phenoxy) is 2. The molecule has 45 heavy (non-hydrogen) atoms. The number of nitrogens with one attached hydrogen (secondary N) is 3. The molecule has 0 aromatic heterocycles. The van der Waals surface area contributed by atoms with Gasteiger partial charge in [-0.2, -0.15) is 0 Å². The molecule has 3 aromatic carbocycles. The summed E-state index contributed by atoms with van der Waals surface area (Å²) in [5.74, 6) is -1.98. The molecule has 4 rings (SSSR count). The number of benzene rings is 3. The van der Waals surface area contributed by atoms with E-state index in [2.05, 4.69) is 20.9 Å². The molecule has 3 aromatic rings. The molecule has 4 amide bonds. The number of rotatable bonds is 10. The SMILES string of the molecule is CC(C)(C)OC(=O)Nc1ccccc1NC(=O)c1ccc(CN(CCCN2CCOCC2)C(=O)Nc2cc(F)cc(F)c2)cc1. The van der Waals surface area contributed by atoms with Crippen LogP contribution in [0.5, 0.6) is 0 Å². The van der Waals surface area contributed by atoms with Crippen LogP contribution in [0.3, 0.4) is 0 Å². The minimum atomic E-state index is -0.790. The molecular formula is C33H39F2N5O5. The number of urea groups is 1. The van der Waals surface area contributed by atoms with Gasteiger partial charge in [0.05, 0.1) is 24.6 Å². The molecule has 0 unspecified atom stereocenters. The molecule has 10 nitrogen and oxygen atoms in total. The number of anilines is 3. The van der Waals surface area contributed by atoms with E-state index >= 15 is 0 Å². The van der Waals surface area contributed by atoms with E-state index in [1.807, 2.05) is 0 Å². The number of amides is 4. The predicted molar refractivity (Wildman–Crippen MR) is 168 cm³/mol. The second-order valence-electron chi connectivity index (χ2n) is 11.6. The smallest absolute Gasteiger partial charge is 0.412 e. The van der Waals surface area contributed by atoms with Gasteiger partial charge in [0.2, 0.25) is 0 Å². The van der Waals surface area contributed by atoms with E-state index in [0.717, 1.165) is 43.4 Å². The third-order valence-electron chi connectivity index (χ3n) is 6.81. The lowest BCUT2D eigenvalue weighted by atomic mass is 10.1. The molecule has 240 valence electrons. The fraction of sp³-hybridized carbons (Fsp3) is 0.364. The zero-order valence-corrected chi connectivity index (χ0v) is 25.7. The number of nitrogens with zero attached hydrogens (tertiary/aromatic N) is 2. The lowest BCUT2D eigenvalue weighted by Crippen LogP contribution is -2.40. The van der Waals surface area contributed by atoms with Crippen LogP contribution < -0.4 is 16.0 Å². The highest BCUT2D eigenvalue weighted by Gasteiger charge is 2.19. The van der Waals surface area contributed by atoms with Gasteiger partial charge in [0, 0.05) is 50.0 Å². The summed E-state index contributed by atoms with van der Waals surface area (Å²) in [6.45, 7) is 9.61. The van der Waals surface area contributed by atoms with Crippen molar-refractivity contribution < 1.29 is 32.6 Å². The second-order valence-corrected chi connectivity index (χ2v) is 11.6. The summed E-state index contributed by atoms with van der Waals surface area (Å²) in [4.78, 5) is 42.4. The highest BCUT2D eigenvalue weighted by molar-refractivity contribution is 6.06. The summed E-state index contributed by atoms with van der Waals surface area (Å²) in [6, 6.07) is 15.9. The van der Waals surface area contributed by atoms with Gasteiger partial charge in [0.25, 0.3) is 5.91 Å². The standard InChI is InChI=1S/C33H39F2N5O5/c1-33(2,3)45-32(43)38-29-8-5-4-7-28(29)37-30(41)24-11-9-23(10-12-24)22-40(14-6-13-39-15-17-44-18-16-39)31(42)36-27-20-25(34)19-26(35)21-27/h4-5,7-12,19-21H,6,13-18,22H2,1-3H3,(H,36,42)(H,37,41)(H,38,43). The Morgan fingerprint density at radius 2 is 1.51 bits per heavy atom. The van der Waals surface area contributed by atoms with Gasteiger partial charge in [-0.25, -0.2) is 18.4 Å². The van der Waals surface area contributed by atoms with Gasteiger partial charge in [0.15, 0.2) is 0 Å². The van der Waals surface area contributed by atoms with E-state index in [4.69, 9.17) is 9.47 Å². The van der Waals surface area contributed by atoms with Crippen LogP contribution in [-0.2, 0) is 16.0 Å². The number of carbonyl (C=O) groups is 3. The lowest BCUT2D eigenvalue weighted by Gasteiger charge is -2.28. The van der Waals surface area contributed by atoms with Crippen molar-refractivity contribution in [3.05, 3.63) is 89.5 Å². The quantitative estimate of drug-likeness (QED) is 0.244. The van der Waals surface area contributed by atoms with Gasteiger partial charge in [-0.3, -0.25) is 15.0 Å². The fourth-order valence-corrected chi connectivity index (χ4v) is 4.68. The Hall–Kier alpha value is -4.55. The van der Waals surface area contributed by atoms with Crippen molar-refractivity contribution in [3.63, 3.8) is 0 Å². The maximum atomic E-state index is 13.7. The highest BCUT2D eigenvalue weighted by Crippen LogP contribution is 2.23. The van der Waals surface area contributed by atoms with Crippen LogP contribution in [0.4, 0.5) is 35.4 Å². The largest absolute Gasteiger partial charge is 0.444 e. The van der Waals surface area contributed by atoms with Gasteiger partial charge in [-0.1, -0.05) is 24.3 Å². The zero-order valence-electron chi connectivity index (χ0n) is 25.7. The molecular weight excluding hydrogens is 584 g/mol. The second kappa shape index (κ2) is 15.4. The molecule has 0 radical (unpaired) electrons. The highest BCUT2D eigenvalue weighted by atomic mass is 19.1. The van der Waals surface area contributed by atoms with E-state index in [1.165, 1.54) is 0 Å². The van der Waals surface area contributed by atoms with Crippen molar-refractivity contribution in [2.45, 2.75) is 39.3 Å². The summed E-state index contributed by atoms with van der Waals surface area (Å²) in [7, 11) is 0. The normalized spacial score (nSPS) is 13.5. The Labute approximate surface area is 261 Å². The molecule has 3 N–H and O–H groups in total. The van der Waals surface area contributed by atoms with E-state index < -0.39 is 35.3 Å². The van der Waals surface area contributed by atoms with E-state index in [1.54, 1.807) is 74.2 Å². The molecule has 1 aliphatic rings. The number of hydrogen-bond acceptors (Lipinski definition) is 6. The molecule has 0 spiro atoms. The number of para-hydroxylation sites is 2. The molecule has 1 heterocycles. The molecule has 1 fully saturated rings. The van der Waals surface area contributed by atoms with Crippen LogP contribution in [0, 0.1) is 11.6 Å². The summed E-state index contributed by atoms with van der Waals surface area (Å²) >= 11 is 0. The van der Waals surface area contributed by atoms with Crippen molar-refractivity contribution >= 4 is 35.1 Å². The van der Waals surface area contributed by atoms with E-state index in [-0.39, 0.29) is 12.2 Å². The van der Waals surface area contributed by atoms with Gasteiger partial charge in [0.1, 0.15) is 17.2 Å². The average molecular weight is 624 g/mol. The molecule has 0 aliphatic carbocycles. The molecule has 0 bridgehead atoms. The minimum Gasteiger partial charge on any atom is -0.444 e. The first-order valence-corrected chi connectivity index (χ1v) is 14.8. The van der Waals surface area contributed by atoms with Crippen LogP contribution in [-0.4, -0.2) is 72.8 Å². The van der Waals surface area contributed by atoms with Crippen molar-refractivity contribution in [3.8, 4) is 0 Å². The molecule has 1 saturated heterocycles. The first kappa shape index (κ1) is 33.3. The number of halogens is 2. The number of morpholine rings is 1. The number of hydrogen-bond donors (Lipinski definition) is 3. The number of carbonyl (C=O) groups excluding carboxylic acids is 3. The summed E-state index contributed by atoms with van der Waals surface area (Å²) in [5.41, 5.74) is 1.24. The van der Waals surface area contributed by atoms with Gasteiger partial charge in [-0.05, 0) is 69.2 Å². The van der Waals surface area contributed by atoms with E-state index in [9.17, 15) is 23.2 Å². The van der Waals surface area contributed by atoms with Crippen molar-refractivity contribution in [2.24, 2.45) is 0 Å². The Morgan fingerprint density at radius 3 is 2.13 bits per heavy atom. The van der Waals surface area contributed by atoms with Gasteiger partial charge in [-0.15, -0.1) is 0 Å². The Morgan fingerprint density at radius 1 is 0.889 bits per heavy atom. The molecule has 12 heteroatoms. The maximum Gasteiger partial charge on any atom is 0.412 e. The maximum absolute atomic E-state index is 13.7. The Bertz CT molecular complexity index is 1450. The predicted octanol–water partition coefficient (Wildman–Crippen LogP) is 6.32. The Balaban J connectivity index is 1.41. The first-order valence-electron chi connectivity index (χ1n) is 14.8. The van der Waals surface area contributed by atoms with Crippen LogP contribution in [0.15, 0.2) is 66.7 Å². The topological polar surface area (TPSA) is 112 Å².